The molecule has 27 heavy (non-hydrogen) atoms. The van der Waals surface area contributed by atoms with Gasteiger partial charge in [0.2, 0.25) is 11.7 Å². The third kappa shape index (κ3) is 4.18. The van der Waals surface area contributed by atoms with E-state index in [2.05, 4.69) is 22.1 Å². The van der Waals surface area contributed by atoms with E-state index in [1.165, 1.54) is 19.3 Å². The predicted molar refractivity (Wildman–Crippen MR) is 107 cm³/mol. The maximum Gasteiger partial charge on any atom is 0.227 e. The Morgan fingerprint density at radius 1 is 1.11 bits per heavy atom. The summed E-state index contributed by atoms with van der Waals surface area (Å²) in [6.45, 7) is 3.23. The number of nitrogens with one attached hydrogen (secondary N) is 1. The maximum absolute atomic E-state index is 5.42. The maximum atomic E-state index is 5.42. The van der Waals surface area contributed by atoms with E-state index in [-0.39, 0.29) is 0 Å². The Labute approximate surface area is 160 Å². The third-order valence-electron chi connectivity index (χ3n) is 4.94. The molecule has 1 unspecified atom stereocenters. The normalized spacial score (nSPS) is 16.7. The van der Waals surface area contributed by atoms with Gasteiger partial charge in [0.1, 0.15) is 5.82 Å². The van der Waals surface area contributed by atoms with Crippen LogP contribution < -0.4 is 24.4 Å². The highest BCUT2D eigenvalue weighted by Gasteiger charge is 2.23. The summed E-state index contributed by atoms with van der Waals surface area (Å²) in [5, 5.41) is 3.32. The average Bonchev–Trinajstić information content (AvgIpc) is 2.73. The minimum absolute atomic E-state index is 0.509. The molecule has 1 aliphatic rings. The summed E-state index contributed by atoms with van der Waals surface area (Å²) < 4.78 is 16.2. The van der Waals surface area contributed by atoms with Crippen LogP contribution in [0.25, 0.3) is 0 Å². The van der Waals surface area contributed by atoms with Crippen LogP contribution in [-0.4, -0.2) is 43.9 Å². The number of nitrogens with zero attached hydrogens (tertiary/aromatic N) is 3. The van der Waals surface area contributed by atoms with Crippen LogP contribution in [0.15, 0.2) is 24.4 Å². The van der Waals surface area contributed by atoms with E-state index >= 15 is 0 Å². The Balaban J connectivity index is 1.86. The molecule has 0 saturated carbocycles. The summed E-state index contributed by atoms with van der Waals surface area (Å²) in [5.74, 6) is 3.26. The number of hydrogen-bond acceptors (Lipinski definition) is 7. The van der Waals surface area contributed by atoms with Crippen molar-refractivity contribution in [1.82, 2.24) is 9.97 Å². The van der Waals surface area contributed by atoms with Crippen LogP contribution >= 0.6 is 0 Å². The minimum Gasteiger partial charge on any atom is -0.493 e. The lowest BCUT2D eigenvalue weighted by Crippen LogP contribution is -2.40. The van der Waals surface area contributed by atoms with Gasteiger partial charge in [0, 0.05) is 36.6 Å². The first-order valence-electron chi connectivity index (χ1n) is 9.36. The smallest absolute Gasteiger partial charge is 0.227 e. The van der Waals surface area contributed by atoms with Gasteiger partial charge in [-0.15, -0.1) is 0 Å². The fourth-order valence-corrected chi connectivity index (χ4v) is 3.55. The second-order valence-corrected chi connectivity index (χ2v) is 6.53. The van der Waals surface area contributed by atoms with Crippen LogP contribution in [0.4, 0.5) is 17.5 Å². The van der Waals surface area contributed by atoms with E-state index in [4.69, 9.17) is 19.2 Å². The van der Waals surface area contributed by atoms with Gasteiger partial charge in [0.15, 0.2) is 11.5 Å². The molecule has 1 aromatic carbocycles. The van der Waals surface area contributed by atoms with Crippen molar-refractivity contribution in [3.05, 3.63) is 24.4 Å². The number of piperidine rings is 1. The number of methoxy groups -OCH3 is 3. The van der Waals surface area contributed by atoms with Crippen LogP contribution in [0.2, 0.25) is 0 Å². The minimum atomic E-state index is 0.509. The van der Waals surface area contributed by atoms with Crippen molar-refractivity contribution >= 4 is 17.5 Å². The quantitative estimate of drug-likeness (QED) is 0.787. The molecule has 1 N–H and O–H groups in total. The second kappa shape index (κ2) is 8.79. The molecule has 1 fully saturated rings. The summed E-state index contributed by atoms with van der Waals surface area (Å²) in [4.78, 5) is 11.6. The van der Waals surface area contributed by atoms with E-state index < -0.39 is 0 Å². The molecule has 146 valence electrons. The van der Waals surface area contributed by atoms with Gasteiger partial charge in [-0.25, -0.2) is 4.98 Å². The Morgan fingerprint density at radius 3 is 2.48 bits per heavy atom. The van der Waals surface area contributed by atoms with Gasteiger partial charge in [-0.1, -0.05) is 6.92 Å². The van der Waals surface area contributed by atoms with Crippen molar-refractivity contribution in [2.75, 3.05) is 38.1 Å². The van der Waals surface area contributed by atoms with E-state index in [0.717, 1.165) is 30.4 Å². The van der Waals surface area contributed by atoms with Crippen LogP contribution in [0.5, 0.6) is 17.2 Å². The zero-order valence-corrected chi connectivity index (χ0v) is 16.5. The highest BCUT2D eigenvalue weighted by molar-refractivity contribution is 5.67. The van der Waals surface area contributed by atoms with Crippen LogP contribution in [-0.2, 0) is 0 Å². The van der Waals surface area contributed by atoms with Gasteiger partial charge < -0.3 is 24.4 Å². The van der Waals surface area contributed by atoms with Crippen molar-refractivity contribution in [3.8, 4) is 17.2 Å². The predicted octanol–water partition coefficient (Wildman–Crippen LogP) is 4.01. The lowest BCUT2D eigenvalue weighted by Gasteiger charge is -2.35. The highest BCUT2D eigenvalue weighted by Crippen LogP contribution is 2.40. The van der Waals surface area contributed by atoms with Crippen molar-refractivity contribution in [2.45, 2.75) is 38.6 Å². The summed E-state index contributed by atoms with van der Waals surface area (Å²) in [5.41, 5.74) is 0.805. The van der Waals surface area contributed by atoms with E-state index in [0.29, 0.717) is 23.3 Å². The fourth-order valence-electron chi connectivity index (χ4n) is 3.55. The molecular formula is C20H28N4O3. The third-order valence-corrected chi connectivity index (χ3v) is 4.94. The first-order chi connectivity index (χ1) is 13.2. The van der Waals surface area contributed by atoms with Crippen molar-refractivity contribution in [2.24, 2.45) is 0 Å². The molecule has 1 aromatic heterocycles. The molecule has 7 heteroatoms. The molecule has 2 heterocycles. The lowest BCUT2D eigenvalue weighted by molar-refractivity contribution is 0.324. The number of benzene rings is 1. The van der Waals surface area contributed by atoms with Crippen molar-refractivity contribution < 1.29 is 14.2 Å². The number of rotatable bonds is 7. The summed E-state index contributed by atoms with van der Waals surface area (Å²) >= 11 is 0. The molecule has 7 nitrogen and oxygen atoms in total. The number of aromatic nitrogens is 2. The number of anilines is 3. The number of ether oxygens (including phenoxy) is 3. The van der Waals surface area contributed by atoms with E-state index in [1.807, 2.05) is 18.2 Å². The number of hydrogen-bond donors (Lipinski definition) is 1. The Kier molecular flexibility index (Phi) is 6.21. The molecule has 0 radical (unpaired) electrons. The van der Waals surface area contributed by atoms with Crippen molar-refractivity contribution in [1.29, 1.82) is 0 Å². The second-order valence-electron chi connectivity index (χ2n) is 6.53. The zero-order chi connectivity index (χ0) is 19.2. The average molecular weight is 372 g/mol. The van der Waals surface area contributed by atoms with Gasteiger partial charge in [-0.2, -0.15) is 4.98 Å². The molecule has 1 saturated heterocycles. The largest absolute Gasteiger partial charge is 0.493 e. The van der Waals surface area contributed by atoms with Crippen molar-refractivity contribution in [3.63, 3.8) is 0 Å². The van der Waals surface area contributed by atoms with Crippen LogP contribution in [0, 0.1) is 0 Å². The molecule has 2 aromatic rings. The summed E-state index contributed by atoms with van der Waals surface area (Å²) in [6.07, 6.45) is 6.56. The first-order valence-corrected chi connectivity index (χ1v) is 9.36. The topological polar surface area (TPSA) is 68.7 Å². The summed E-state index contributed by atoms with van der Waals surface area (Å²) in [6, 6.07) is 6.09. The van der Waals surface area contributed by atoms with Gasteiger partial charge in [0.25, 0.3) is 0 Å². The molecular weight excluding hydrogens is 344 g/mol. The first kappa shape index (κ1) is 19.1. The summed E-state index contributed by atoms with van der Waals surface area (Å²) in [7, 11) is 4.79. The van der Waals surface area contributed by atoms with Crippen LogP contribution in [0.3, 0.4) is 0 Å². The fraction of sp³-hybridized carbons (Fsp3) is 0.500. The molecule has 3 rings (SSSR count). The monoisotopic (exact) mass is 372 g/mol. The standard InChI is InChI=1S/C20H28N4O3/c1-5-15-8-6-7-11-24(15)20-21-10-9-18(23-20)22-14-12-16(25-2)19(27-4)17(13-14)26-3/h9-10,12-13,15H,5-8,11H2,1-4H3,(H,21,22,23). The molecule has 0 aliphatic carbocycles. The Bertz CT molecular complexity index is 744. The molecule has 0 bridgehead atoms. The molecule has 0 amide bonds. The Morgan fingerprint density at radius 2 is 1.85 bits per heavy atom. The van der Waals surface area contributed by atoms with E-state index in [1.54, 1.807) is 27.5 Å². The highest BCUT2D eigenvalue weighted by atomic mass is 16.5. The SMILES string of the molecule is CCC1CCCCN1c1nccc(Nc2cc(OC)c(OC)c(OC)c2)n1. The molecule has 1 aliphatic heterocycles. The van der Waals surface area contributed by atoms with Gasteiger partial charge in [-0.05, 0) is 31.7 Å². The Hall–Kier alpha value is -2.70. The van der Waals surface area contributed by atoms with Gasteiger partial charge in [-0.3, -0.25) is 0 Å². The van der Waals surface area contributed by atoms with Gasteiger partial charge >= 0.3 is 0 Å². The molecule has 1 atom stereocenters. The molecule has 0 spiro atoms. The van der Waals surface area contributed by atoms with Gasteiger partial charge in [0.05, 0.1) is 21.3 Å². The lowest BCUT2D eigenvalue weighted by atomic mass is 10.0. The van der Waals surface area contributed by atoms with Crippen LogP contribution in [0.1, 0.15) is 32.6 Å². The van der Waals surface area contributed by atoms with E-state index in [9.17, 15) is 0 Å². The zero-order valence-electron chi connectivity index (χ0n) is 16.5.